The highest BCUT2D eigenvalue weighted by Crippen LogP contribution is 2.20. The van der Waals surface area contributed by atoms with Crippen LogP contribution >= 0.6 is 0 Å². The van der Waals surface area contributed by atoms with Crippen molar-refractivity contribution in [3.05, 3.63) is 30.3 Å². The van der Waals surface area contributed by atoms with Crippen molar-refractivity contribution in [3.63, 3.8) is 0 Å². The molecule has 0 aliphatic rings. The van der Waals surface area contributed by atoms with Crippen molar-refractivity contribution in [3.8, 4) is 5.75 Å². The van der Waals surface area contributed by atoms with Crippen LogP contribution in [0.4, 0.5) is 0 Å². The van der Waals surface area contributed by atoms with Crippen molar-refractivity contribution >= 4 is 5.97 Å². The van der Waals surface area contributed by atoms with Gasteiger partial charge in [0.2, 0.25) is 0 Å². The zero-order valence-electron chi connectivity index (χ0n) is 12.8. The molecular formula is C16H24N2O3. The zero-order chi connectivity index (χ0) is 15.6. The van der Waals surface area contributed by atoms with Crippen molar-refractivity contribution < 1.29 is 14.6 Å². The Bertz CT molecular complexity index is 448. The lowest BCUT2D eigenvalue weighted by atomic mass is 10.0. The lowest BCUT2D eigenvalue weighted by molar-refractivity contribution is -0.134. The molecule has 1 aromatic rings. The van der Waals surface area contributed by atoms with Crippen LogP contribution in [-0.2, 0) is 4.79 Å². The van der Waals surface area contributed by atoms with E-state index in [1.165, 1.54) is 0 Å². The molecule has 116 valence electrons. The third kappa shape index (κ3) is 6.99. The van der Waals surface area contributed by atoms with Crippen LogP contribution in [0.25, 0.3) is 0 Å². The van der Waals surface area contributed by atoms with Crippen molar-refractivity contribution in [2.75, 3.05) is 6.54 Å². The number of para-hydroxylation sites is 1. The van der Waals surface area contributed by atoms with E-state index in [1.54, 1.807) is 24.3 Å². The Morgan fingerprint density at radius 3 is 2.62 bits per heavy atom. The first-order valence-electron chi connectivity index (χ1n) is 7.46. The predicted molar refractivity (Wildman–Crippen MR) is 81.2 cm³/mol. The molecule has 0 aliphatic heterocycles. The lowest BCUT2D eigenvalue weighted by Gasteiger charge is -2.19. The molecule has 5 heteroatoms. The van der Waals surface area contributed by atoms with Crippen molar-refractivity contribution in [1.29, 1.82) is 0 Å². The number of nitrogens with zero attached hydrogens (tertiary/aromatic N) is 2. The highest BCUT2D eigenvalue weighted by molar-refractivity contribution is 5.72. The monoisotopic (exact) mass is 292 g/mol. The number of carbonyl (C=O) groups excluding carboxylic acids is 1. The molecule has 0 aliphatic carbocycles. The molecule has 1 N–H and O–H groups in total. The van der Waals surface area contributed by atoms with E-state index in [-0.39, 0.29) is 18.9 Å². The smallest absolute Gasteiger partial charge is 0.313 e. The Morgan fingerprint density at radius 2 is 2.00 bits per heavy atom. The molecule has 0 spiro atoms. The Morgan fingerprint density at radius 1 is 1.29 bits per heavy atom. The molecule has 5 nitrogen and oxygen atoms in total. The van der Waals surface area contributed by atoms with Gasteiger partial charge in [0.1, 0.15) is 5.75 Å². The van der Waals surface area contributed by atoms with Crippen LogP contribution in [0.5, 0.6) is 5.75 Å². The number of aliphatic hydroxyl groups is 1. The highest BCUT2D eigenvalue weighted by atomic mass is 16.5. The number of hydrogen-bond donors (Lipinski definition) is 1. The third-order valence-electron chi connectivity index (χ3n) is 3.14. The molecule has 1 aromatic carbocycles. The average Bonchev–Trinajstić information content (AvgIpc) is 2.50. The minimum absolute atomic E-state index is 0.145. The van der Waals surface area contributed by atoms with Crippen LogP contribution in [0.2, 0.25) is 0 Å². The predicted octanol–water partition coefficient (Wildman–Crippen LogP) is 3.72. The van der Waals surface area contributed by atoms with Gasteiger partial charge < -0.3 is 9.84 Å². The van der Waals surface area contributed by atoms with Gasteiger partial charge in [-0.05, 0) is 31.4 Å². The second kappa shape index (κ2) is 9.23. The largest absolute Gasteiger partial charge is 0.426 e. The second-order valence-corrected chi connectivity index (χ2v) is 4.94. The Hall–Kier alpha value is -1.75. The van der Waals surface area contributed by atoms with Crippen LogP contribution in [0, 0.1) is 0 Å². The van der Waals surface area contributed by atoms with Gasteiger partial charge in [0.05, 0.1) is 13.0 Å². The first-order chi connectivity index (χ1) is 10.1. The van der Waals surface area contributed by atoms with Crippen molar-refractivity contribution in [2.45, 2.75) is 51.7 Å². The third-order valence-corrected chi connectivity index (χ3v) is 3.14. The fourth-order valence-electron chi connectivity index (χ4n) is 1.75. The van der Waals surface area contributed by atoms with Gasteiger partial charge in [-0.1, -0.05) is 38.5 Å². The van der Waals surface area contributed by atoms with Gasteiger partial charge in [-0.2, -0.15) is 10.2 Å². The van der Waals surface area contributed by atoms with E-state index in [0.717, 1.165) is 12.8 Å². The van der Waals surface area contributed by atoms with Gasteiger partial charge in [0.15, 0.2) is 5.72 Å². The fraction of sp³-hybridized carbons (Fsp3) is 0.562. The van der Waals surface area contributed by atoms with Gasteiger partial charge in [-0.15, -0.1) is 0 Å². The fourth-order valence-corrected chi connectivity index (χ4v) is 1.75. The Labute approximate surface area is 126 Å². The number of azo groups is 1. The zero-order valence-corrected chi connectivity index (χ0v) is 12.8. The van der Waals surface area contributed by atoms with Crippen LogP contribution in [-0.4, -0.2) is 23.3 Å². The number of ether oxygens (including phenoxy) is 1. The Balaban J connectivity index is 2.34. The van der Waals surface area contributed by atoms with Crippen LogP contribution < -0.4 is 4.74 Å². The summed E-state index contributed by atoms with van der Waals surface area (Å²) in [6, 6.07) is 8.91. The molecule has 0 radical (unpaired) electrons. The molecule has 0 heterocycles. The van der Waals surface area contributed by atoms with E-state index in [9.17, 15) is 9.90 Å². The Kier molecular flexibility index (Phi) is 7.61. The lowest BCUT2D eigenvalue weighted by Crippen LogP contribution is -2.24. The van der Waals surface area contributed by atoms with E-state index < -0.39 is 5.72 Å². The minimum Gasteiger partial charge on any atom is -0.426 e. The molecule has 0 saturated carbocycles. The van der Waals surface area contributed by atoms with Gasteiger partial charge >= 0.3 is 5.97 Å². The van der Waals surface area contributed by atoms with Crippen LogP contribution in [0.3, 0.4) is 0 Å². The molecule has 0 amide bonds. The average molecular weight is 292 g/mol. The first-order valence-corrected chi connectivity index (χ1v) is 7.46. The summed E-state index contributed by atoms with van der Waals surface area (Å²) in [5.41, 5.74) is -1.10. The standard InChI is InChI=1S/C16H24N2O3/c1-3-5-12-16(20,4-2)18-17-13-11-15(19)21-14-9-7-6-8-10-14/h6-10,20H,3-5,11-13H2,1-2H3/b18-17+. The number of hydrogen-bond acceptors (Lipinski definition) is 5. The summed E-state index contributed by atoms with van der Waals surface area (Å²) < 4.78 is 5.13. The number of rotatable bonds is 9. The molecule has 21 heavy (non-hydrogen) atoms. The van der Waals surface area contributed by atoms with E-state index in [4.69, 9.17) is 4.74 Å². The minimum atomic E-state index is -1.10. The molecule has 0 aromatic heterocycles. The molecule has 1 rings (SSSR count). The van der Waals surface area contributed by atoms with Gasteiger partial charge in [-0.25, -0.2) is 0 Å². The molecule has 0 saturated heterocycles. The summed E-state index contributed by atoms with van der Waals surface area (Å²) in [7, 11) is 0. The van der Waals surface area contributed by atoms with E-state index in [2.05, 4.69) is 17.2 Å². The molecule has 1 atom stereocenters. The number of unbranched alkanes of at least 4 members (excludes halogenated alkanes) is 1. The molecule has 0 bridgehead atoms. The molecule has 1 unspecified atom stereocenters. The topological polar surface area (TPSA) is 71.2 Å². The summed E-state index contributed by atoms with van der Waals surface area (Å²) in [6.45, 7) is 4.16. The van der Waals surface area contributed by atoms with Crippen molar-refractivity contribution in [2.24, 2.45) is 10.2 Å². The van der Waals surface area contributed by atoms with E-state index in [1.807, 2.05) is 13.0 Å². The second-order valence-electron chi connectivity index (χ2n) is 4.94. The van der Waals surface area contributed by atoms with Crippen molar-refractivity contribution in [1.82, 2.24) is 0 Å². The summed E-state index contributed by atoms with van der Waals surface area (Å²) in [5.74, 6) is 0.168. The maximum Gasteiger partial charge on any atom is 0.313 e. The molecule has 0 fully saturated rings. The normalized spacial score (nSPS) is 14.0. The summed E-state index contributed by atoms with van der Waals surface area (Å²) >= 11 is 0. The summed E-state index contributed by atoms with van der Waals surface area (Å²) in [5, 5.41) is 18.1. The first kappa shape index (κ1) is 17.3. The quantitative estimate of drug-likeness (QED) is 0.428. The SMILES string of the molecule is CCCCC(O)(CC)/N=N/CCC(=O)Oc1ccccc1. The number of carbonyl (C=O) groups is 1. The van der Waals surface area contributed by atoms with Gasteiger partial charge in [-0.3, -0.25) is 4.79 Å². The maximum absolute atomic E-state index is 11.6. The highest BCUT2D eigenvalue weighted by Gasteiger charge is 2.22. The van der Waals surface area contributed by atoms with Crippen LogP contribution in [0.1, 0.15) is 46.0 Å². The number of esters is 1. The summed E-state index contributed by atoms with van der Waals surface area (Å²) in [4.78, 5) is 11.6. The van der Waals surface area contributed by atoms with Gasteiger partial charge in [0, 0.05) is 0 Å². The number of benzene rings is 1. The van der Waals surface area contributed by atoms with Crippen LogP contribution in [0.15, 0.2) is 40.6 Å². The summed E-state index contributed by atoms with van der Waals surface area (Å²) in [6.07, 6.45) is 3.16. The maximum atomic E-state index is 11.6. The van der Waals surface area contributed by atoms with E-state index >= 15 is 0 Å². The van der Waals surface area contributed by atoms with Gasteiger partial charge in [0.25, 0.3) is 0 Å². The molecular weight excluding hydrogens is 268 g/mol. The van der Waals surface area contributed by atoms with E-state index in [0.29, 0.717) is 18.6 Å².